The molecule has 3 fully saturated rings. The smallest absolute Gasteiger partial charge is 0.0605 e. The number of piperazine rings is 1. The molecule has 3 aliphatic rings. The lowest BCUT2D eigenvalue weighted by Gasteiger charge is -2.46. The molecule has 5 nitrogen and oxygen atoms in total. The van der Waals surface area contributed by atoms with Gasteiger partial charge in [0.15, 0.2) is 0 Å². The van der Waals surface area contributed by atoms with Crippen molar-refractivity contribution in [1.29, 1.82) is 0 Å². The van der Waals surface area contributed by atoms with Crippen LogP contribution in [0.25, 0.3) is 0 Å². The van der Waals surface area contributed by atoms with E-state index in [2.05, 4.69) is 60.6 Å². The number of rotatable bonds is 7. The van der Waals surface area contributed by atoms with Crippen molar-refractivity contribution in [3.05, 3.63) is 23.8 Å². The Morgan fingerprint density at radius 1 is 0.853 bits per heavy atom. The van der Waals surface area contributed by atoms with Gasteiger partial charge in [-0.05, 0) is 72.6 Å². The van der Waals surface area contributed by atoms with Crippen molar-refractivity contribution >= 4 is 11.4 Å². The molecule has 5 heteroatoms. The van der Waals surface area contributed by atoms with Crippen LogP contribution in [-0.2, 0) is 9.47 Å². The summed E-state index contributed by atoms with van der Waals surface area (Å²) in [5.41, 5.74) is 5.26. The van der Waals surface area contributed by atoms with E-state index in [1.165, 1.54) is 30.6 Å². The summed E-state index contributed by atoms with van der Waals surface area (Å²) < 4.78 is 10.9. The Morgan fingerprint density at radius 3 is 2.09 bits per heavy atom. The Bertz CT molecular complexity index is 777. The monoisotopic (exact) mass is 471 g/mol. The molecular formula is C29H49N3O2. The van der Waals surface area contributed by atoms with Crippen LogP contribution in [0.5, 0.6) is 0 Å². The number of hydrogen-bond donors (Lipinski definition) is 0. The summed E-state index contributed by atoms with van der Waals surface area (Å²) in [6.45, 7) is 18.4. The SMILES string of the molecule is COCCN1CCN(c2ccc(N3CCC(OC)CC3)cc2C2CC(C)(C)CC(C)(C)C2)CC1. The van der Waals surface area contributed by atoms with Gasteiger partial charge in [-0.2, -0.15) is 0 Å². The van der Waals surface area contributed by atoms with Crippen LogP contribution in [0.1, 0.15) is 71.3 Å². The number of methoxy groups -OCH3 is 2. The van der Waals surface area contributed by atoms with Crippen molar-refractivity contribution in [2.24, 2.45) is 10.8 Å². The molecule has 1 aromatic carbocycles. The van der Waals surface area contributed by atoms with Crippen LogP contribution < -0.4 is 9.80 Å². The predicted molar refractivity (Wildman–Crippen MR) is 143 cm³/mol. The Hall–Kier alpha value is -1.30. The molecule has 192 valence electrons. The number of nitrogens with zero attached hydrogens (tertiary/aromatic N) is 3. The van der Waals surface area contributed by atoms with Gasteiger partial charge >= 0.3 is 0 Å². The van der Waals surface area contributed by atoms with Gasteiger partial charge in [0.25, 0.3) is 0 Å². The van der Waals surface area contributed by atoms with Gasteiger partial charge in [0, 0.05) is 71.4 Å². The van der Waals surface area contributed by atoms with E-state index in [-0.39, 0.29) is 0 Å². The third kappa shape index (κ3) is 6.27. The van der Waals surface area contributed by atoms with E-state index in [1.54, 1.807) is 12.7 Å². The van der Waals surface area contributed by atoms with Crippen molar-refractivity contribution in [2.45, 2.75) is 71.8 Å². The lowest BCUT2D eigenvalue weighted by molar-refractivity contribution is 0.0819. The number of anilines is 2. The van der Waals surface area contributed by atoms with Crippen LogP contribution in [0.4, 0.5) is 11.4 Å². The van der Waals surface area contributed by atoms with Gasteiger partial charge in [-0.3, -0.25) is 4.90 Å². The van der Waals surface area contributed by atoms with Gasteiger partial charge in [-0.15, -0.1) is 0 Å². The first-order valence-electron chi connectivity index (χ1n) is 13.6. The fraction of sp³-hybridized carbons (Fsp3) is 0.793. The van der Waals surface area contributed by atoms with Gasteiger partial charge in [0.1, 0.15) is 0 Å². The molecule has 0 atom stereocenters. The van der Waals surface area contributed by atoms with Crippen LogP contribution >= 0.6 is 0 Å². The van der Waals surface area contributed by atoms with Crippen LogP contribution in [0.3, 0.4) is 0 Å². The molecule has 2 heterocycles. The molecule has 0 N–H and O–H groups in total. The van der Waals surface area contributed by atoms with Crippen molar-refractivity contribution in [3.8, 4) is 0 Å². The molecule has 0 unspecified atom stereocenters. The van der Waals surface area contributed by atoms with Gasteiger partial charge in [0.05, 0.1) is 12.7 Å². The molecule has 4 rings (SSSR count). The van der Waals surface area contributed by atoms with Gasteiger partial charge in [0.2, 0.25) is 0 Å². The number of piperidine rings is 1. The van der Waals surface area contributed by atoms with Crippen LogP contribution in [-0.4, -0.2) is 77.6 Å². The molecule has 0 amide bonds. The molecule has 34 heavy (non-hydrogen) atoms. The number of hydrogen-bond acceptors (Lipinski definition) is 5. The topological polar surface area (TPSA) is 28.2 Å². The highest BCUT2D eigenvalue weighted by Crippen LogP contribution is 2.53. The molecule has 0 bridgehead atoms. The number of benzene rings is 1. The average molecular weight is 472 g/mol. The largest absolute Gasteiger partial charge is 0.383 e. The van der Waals surface area contributed by atoms with E-state index in [0.29, 0.717) is 22.9 Å². The third-order valence-electron chi connectivity index (χ3n) is 8.47. The van der Waals surface area contributed by atoms with Crippen LogP contribution in [0.15, 0.2) is 18.2 Å². The van der Waals surface area contributed by atoms with E-state index in [0.717, 1.165) is 65.3 Å². The lowest BCUT2D eigenvalue weighted by atomic mass is 9.60. The fourth-order valence-electron chi connectivity index (χ4n) is 7.20. The van der Waals surface area contributed by atoms with E-state index >= 15 is 0 Å². The summed E-state index contributed by atoms with van der Waals surface area (Å²) in [6, 6.07) is 7.41. The van der Waals surface area contributed by atoms with Crippen LogP contribution in [0, 0.1) is 10.8 Å². The highest BCUT2D eigenvalue weighted by molar-refractivity contribution is 5.64. The zero-order valence-electron chi connectivity index (χ0n) is 22.7. The Kier molecular flexibility index (Phi) is 8.16. The normalized spacial score (nSPS) is 24.5. The zero-order valence-corrected chi connectivity index (χ0v) is 22.7. The second kappa shape index (κ2) is 10.8. The highest BCUT2D eigenvalue weighted by atomic mass is 16.5. The summed E-state index contributed by atoms with van der Waals surface area (Å²) in [4.78, 5) is 7.79. The molecule has 1 saturated carbocycles. The summed E-state index contributed by atoms with van der Waals surface area (Å²) >= 11 is 0. The maximum absolute atomic E-state index is 5.63. The minimum atomic E-state index is 0.384. The van der Waals surface area contributed by atoms with E-state index in [9.17, 15) is 0 Å². The Morgan fingerprint density at radius 2 is 1.50 bits per heavy atom. The first-order chi connectivity index (χ1) is 16.2. The Balaban J connectivity index is 1.59. The highest BCUT2D eigenvalue weighted by Gasteiger charge is 2.40. The van der Waals surface area contributed by atoms with Gasteiger partial charge < -0.3 is 19.3 Å². The van der Waals surface area contributed by atoms with E-state index in [4.69, 9.17) is 9.47 Å². The molecule has 1 aliphatic carbocycles. The number of ether oxygens (including phenoxy) is 2. The van der Waals surface area contributed by atoms with E-state index < -0.39 is 0 Å². The summed E-state index contributed by atoms with van der Waals surface area (Å²) in [5, 5.41) is 0. The van der Waals surface area contributed by atoms with Crippen molar-refractivity contribution < 1.29 is 9.47 Å². The summed E-state index contributed by atoms with van der Waals surface area (Å²) in [6.07, 6.45) is 6.55. The fourth-order valence-corrected chi connectivity index (χ4v) is 7.20. The standard InChI is InChI=1S/C29H49N3O2/c1-28(2)20-23(21-29(3,4)22-28)26-19-24(31-11-9-25(34-6)10-12-31)7-8-27(26)32-15-13-30(14-16-32)17-18-33-5/h7-8,19,23,25H,9-18,20-22H2,1-6H3. The quantitative estimate of drug-likeness (QED) is 0.532. The average Bonchev–Trinajstić information content (AvgIpc) is 2.81. The summed E-state index contributed by atoms with van der Waals surface area (Å²) in [5.74, 6) is 0.622. The van der Waals surface area contributed by atoms with Gasteiger partial charge in [-0.25, -0.2) is 0 Å². The first kappa shape index (κ1) is 25.8. The summed E-state index contributed by atoms with van der Waals surface area (Å²) in [7, 11) is 3.66. The molecule has 2 aliphatic heterocycles. The molecule has 1 aromatic rings. The van der Waals surface area contributed by atoms with Gasteiger partial charge in [-0.1, -0.05) is 27.7 Å². The molecule has 0 radical (unpaired) electrons. The predicted octanol–water partition coefficient (Wildman–Crippen LogP) is 5.39. The molecule has 0 aromatic heterocycles. The second-order valence-corrected chi connectivity index (χ2v) is 12.6. The third-order valence-corrected chi connectivity index (χ3v) is 8.47. The molecule has 2 saturated heterocycles. The van der Waals surface area contributed by atoms with Crippen molar-refractivity contribution in [2.75, 3.05) is 76.4 Å². The second-order valence-electron chi connectivity index (χ2n) is 12.6. The maximum Gasteiger partial charge on any atom is 0.0605 e. The van der Waals surface area contributed by atoms with E-state index in [1.807, 2.05) is 7.11 Å². The van der Waals surface area contributed by atoms with Crippen LogP contribution in [0.2, 0.25) is 0 Å². The minimum Gasteiger partial charge on any atom is -0.383 e. The first-order valence-corrected chi connectivity index (χ1v) is 13.6. The zero-order chi connectivity index (χ0) is 24.3. The Labute approximate surface area is 208 Å². The minimum absolute atomic E-state index is 0.384. The lowest BCUT2D eigenvalue weighted by Crippen LogP contribution is -2.47. The molecular weight excluding hydrogens is 422 g/mol. The van der Waals surface area contributed by atoms with Crippen molar-refractivity contribution in [1.82, 2.24) is 4.90 Å². The maximum atomic E-state index is 5.63. The molecule has 0 spiro atoms. The van der Waals surface area contributed by atoms with Crippen molar-refractivity contribution in [3.63, 3.8) is 0 Å².